The van der Waals surface area contributed by atoms with Crippen LogP contribution in [0.2, 0.25) is 0 Å². The van der Waals surface area contributed by atoms with E-state index < -0.39 is 0 Å². The van der Waals surface area contributed by atoms with Crippen LogP contribution in [0.25, 0.3) is 11.3 Å². The Kier molecular flexibility index (Phi) is 3.23. The molecule has 0 radical (unpaired) electrons. The van der Waals surface area contributed by atoms with E-state index in [2.05, 4.69) is 83.4 Å². The molecule has 2 nitrogen and oxygen atoms in total. The molecule has 2 aromatic carbocycles. The maximum absolute atomic E-state index is 2.46. The lowest BCUT2D eigenvalue weighted by Gasteiger charge is -2.12. The van der Waals surface area contributed by atoms with E-state index in [9.17, 15) is 0 Å². The molecule has 0 fully saturated rings. The largest absolute Gasteiger partial charge is 0.341 e. The first-order valence-corrected chi connectivity index (χ1v) is 8.53. The minimum atomic E-state index is 0.502. The summed E-state index contributed by atoms with van der Waals surface area (Å²) < 4.78 is 2.46. The lowest BCUT2D eigenvalue weighted by Crippen LogP contribution is -2.38. The van der Waals surface area contributed by atoms with Crippen LogP contribution in [-0.4, -0.2) is 7.05 Å². The molecule has 0 N–H and O–H groups in total. The molecule has 0 aliphatic carbocycles. The number of nitrogens with zero attached hydrogens (tertiary/aromatic N) is 2. The van der Waals surface area contributed by atoms with Gasteiger partial charge in [-0.1, -0.05) is 66.8 Å². The minimum Gasteiger partial charge on any atom is -0.220 e. The van der Waals surface area contributed by atoms with Gasteiger partial charge >= 0.3 is 5.13 Å². The van der Waals surface area contributed by atoms with Gasteiger partial charge in [-0.2, -0.15) is 0 Å². The summed E-state index contributed by atoms with van der Waals surface area (Å²) in [5, 5.41) is 3.58. The van der Waals surface area contributed by atoms with Gasteiger partial charge in [0, 0.05) is 22.4 Å². The zero-order valence-corrected chi connectivity index (χ0v) is 13.7. The SMILES string of the molecule is CC1C[n+]2c(-c3ccccc3)csc2N(C)c2ccccc21. The highest BCUT2D eigenvalue weighted by molar-refractivity contribution is 7.13. The first-order valence-electron chi connectivity index (χ1n) is 7.65. The quantitative estimate of drug-likeness (QED) is 0.597. The topological polar surface area (TPSA) is 7.12 Å². The van der Waals surface area contributed by atoms with Crippen LogP contribution in [0.1, 0.15) is 18.4 Å². The normalized spacial score (nSPS) is 16.8. The van der Waals surface area contributed by atoms with E-state index in [1.165, 1.54) is 27.6 Å². The van der Waals surface area contributed by atoms with Gasteiger partial charge in [0.25, 0.3) is 0 Å². The number of rotatable bonds is 1. The van der Waals surface area contributed by atoms with Crippen LogP contribution in [0.3, 0.4) is 0 Å². The standard InChI is InChI=1S/C19H19N2S/c1-14-12-21-18(15-8-4-3-5-9-15)13-22-19(21)20(2)17-11-7-6-10-16(14)17/h3-11,13-14H,12H2,1-2H3/q+1. The Morgan fingerprint density at radius 2 is 1.77 bits per heavy atom. The Balaban J connectivity index is 1.89. The molecule has 1 aromatic heterocycles. The molecule has 4 rings (SSSR count). The van der Waals surface area contributed by atoms with Crippen molar-refractivity contribution in [3.63, 3.8) is 0 Å². The van der Waals surface area contributed by atoms with Gasteiger partial charge in [0.2, 0.25) is 0 Å². The molecule has 110 valence electrons. The highest BCUT2D eigenvalue weighted by Crippen LogP contribution is 2.37. The molecule has 1 atom stereocenters. The Labute approximate surface area is 135 Å². The van der Waals surface area contributed by atoms with Crippen molar-refractivity contribution in [1.82, 2.24) is 0 Å². The van der Waals surface area contributed by atoms with E-state index in [-0.39, 0.29) is 0 Å². The van der Waals surface area contributed by atoms with E-state index in [0.29, 0.717) is 5.92 Å². The van der Waals surface area contributed by atoms with Gasteiger partial charge < -0.3 is 0 Å². The molecule has 1 aliphatic heterocycles. The summed E-state index contributed by atoms with van der Waals surface area (Å²) in [5.41, 5.74) is 5.35. The molecule has 1 unspecified atom stereocenters. The third-order valence-electron chi connectivity index (χ3n) is 4.44. The van der Waals surface area contributed by atoms with Crippen molar-refractivity contribution >= 4 is 22.2 Å². The number of aromatic nitrogens is 1. The number of thiazole rings is 1. The number of anilines is 2. The lowest BCUT2D eigenvalue weighted by molar-refractivity contribution is -0.671. The van der Waals surface area contributed by atoms with Crippen molar-refractivity contribution in [2.75, 3.05) is 11.9 Å². The predicted octanol–water partition coefficient (Wildman–Crippen LogP) is 4.59. The van der Waals surface area contributed by atoms with Crippen molar-refractivity contribution < 1.29 is 4.57 Å². The van der Waals surface area contributed by atoms with Crippen LogP contribution < -0.4 is 9.47 Å². The predicted molar refractivity (Wildman–Crippen MR) is 92.9 cm³/mol. The number of hydrogen-bond donors (Lipinski definition) is 0. The highest BCUT2D eigenvalue weighted by atomic mass is 32.1. The fourth-order valence-corrected chi connectivity index (χ4v) is 4.33. The van der Waals surface area contributed by atoms with Crippen molar-refractivity contribution in [3.05, 3.63) is 65.5 Å². The zero-order valence-electron chi connectivity index (χ0n) is 12.9. The molecule has 22 heavy (non-hydrogen) atoms. The van der Waals surface area contributed by atoms with Crippen molar-refractivity contribution in [1.29, 1.82) is 0 Å². The molecule has 0 saturated heterocycles. The smallest absolute Gasteiger partial charge is 0.220 e. The zero-order chi connectivity index (χ0) is 15.1. The van der Waals surface area contributed by atoms with Crippen LogP contribution in [0.4, 0.5) is 10.8 Å². The van der Waals surface area contributed by atoms with Gasteiger partial charge in [-0.3, -0.25) is 0 Å². The molecule has 0 spiro atoms. The molecule has 3 aromatic rings. The second-order valence-electron chi connectivity index (χ2n) is 5.90. The second kappa shape index (κ2) is 5.25. The van der Waals surface area contributed by atoms with E-state index in [1.54, 1.807) is 0 Å². The van der Waals surface area contributed by atoms with E-state index >= 15 is 0 Å². The summed E-state index contributed by atoms with van der Waals surface area (Å²) in [6, 6.07) is 19.4. The average molecular weight is 307 g/mol. The summed E-state index contributed by atoms with van der Waals surface area (Å²) >= 11 is 1.82. The Morgan fingerprint density at radius 3 is 2.59 bits per heavy atom. The van der Waals surface area contributed by atoms with E-state index in [4.69, 9.17) is 0 Å². The number of fused-ring (bicyclic) bond motifs is 2. The third kappa shape index (κ3) is 2.04. The van der Waals surface area contributed by atoms with E-state index in [0.717, 1.165) is 6.54 Å². The summed E-state index contributed by atoms with van der Waals surface area (Å²) in [4.78, 5) is 2.33. The van der Waals surface area contributed by atoms with Crippen molar-refractivity contribution in [3.8, 4) is 11.3 Å². The van der Waals surface area contributed by atoms with Crippen LogP contribution in [0.5, 0.6) is 0 Å². The molecule has 1 aliphatic rings. The first kappa shape index (κ1) is 13.5. The molecule has 0 saturated carbocycles. The van der Waals surface area contributed by atoms with Crippen LogP contribution in [0.15, 0.2) is 60.0 Å². The highest BCUT2D eigenvalue weighted by Gasteiger charge is 2.32. The molecular weight excluding hydrogens is 288 g/mol. The Bertz CT molecular complexity index is 807. The van der Waals surface area contributed by atoms with Crippen LogP contribution in [0, 0.1) is 0 Å². The summed E-state index contributed by atoms with van der Waals surface area (Å²) in [5.74, 6) is 0.502. The molecule has 0 amide bonds. The monoisotopic (exact) mass is 307 g/mol. The average Bonchev–Trinajstić information content (AvgIpc) is 2.94. The van der Waals surface area contributed by atoms with Gasteiger partial charge in [0.05, 0.1) is 13.6 Å². The number of hydrogen-bond acceptors (Lipinski definition) is 2. The second-order valence-corrected chi connectivity index (χ2v) is 6.74. The van der Waals surface area contributed by atoms with Gasteiger partial charge in [-0.05, 0) is 6.07 Å². The molecular formula is C19H19N2S+. The summed E-state index contributed by atoms with van der Waals surface area (Å²) in [7, 11) is 2.17. The maximum atomic E-state index is 2.46. The van der Waals surface area contributed by atoms with Gasteiger partial charge in [-0.15, -0.1) is 0 Å². The first-order chi connectivity index (χ1) is 10.8. The van der Waals surface area contributed by atoms with Crippen LogP contribution >= 0.6 is 11.3 Å². The molecule has 3 heteroatoms. The summed E-state index contributed by atoms with van der Waals surface area (Å²) in [6.45, 7) is 3.34. The number of benzene rings is 2. The fourth-order valence-electron chi connectivity index (χ4n) is 3.29. The van der Waals surface area contributed by atoms with Crippen LogP contribution in [-0.2, 0) is 6.54 Å². The summed E-state index contributed by atoms with van der Waals surface area (Å²) in [6.07, 6.45) is 0. The van der Waals surface area contributed by atoms with Crippen molar-refractivity contribution in [2.24, 2.45) is 0 Å². The van der Waals surface area contributed by atoms with Gasteiger partial charge in [0.1, 0.15) is 11.4 Å². The van der Waals surface area contributed by atoms with Gasteiger partial charge in [-0.25, -0.2) is 9.47 Å². The van der Waals surface area contributed by atoms with E-state index in [1.807, 2.05) is 11.3 Å². The Hall–Kier alpha value is -2.13. The maximum Gasteiger partial charge on any atom is 0.341 e. The molecule has 0 bridgehead atoms. The Morgan fingerprint density at radius 1 is 1.05 bits per heavy atom. The third-order valence-corrected chi connectivity index (χ3v) is 5.49. The van der Waals surface area contributed by atoms with Crippen molar-refractivity contribution in [2.45, 2.75) is 19.4 Å². The minimum absolute atomic E-state index is 0.502. The lowest BCUT2D eigenvalue weighted by atomic mass is 9.99. The van der Waals surface area contributed by atoms with Gasteiger partial charge in [0.15, 0.2) is 0 Å². The number of para-hydroxylation sites is 1. The fraction of sp³-hybridized carbons (Fsp3) is 0.211. The molecule has 2 heterocycles.